The van der Waals surface area contributed by atoms with E-state index in [2.05, 4.69) is 0 Å². The van der Waals surface area contributed by atoms with Crippen molar-refractivity contribution in [1.82, 2.24) is 0 Å². The number of rotatable bonds is 3. The van der Waals surface area contributed by atoms with E-state index in [-0.39, 0.29) is 28.4 Å². The first-order chi connectivity index (χ1) is 8.97. The summed E-state index contributed by atoms with van der Waals surface area (Å²) in [6, 6.07) is 7.59. The van der Waals surface area contributed by atoms with Crippen LogP contribution in [0.5, 0.6) is 0 Å². The molecule has 0 aromatic heterocycles. The molecule has 0 fully saturated rings. The van der Waals surface area contributed by atoms with Crippen molar-refractivity contribution < 1.29 is 13.6 Å². The number of benzene rings is 2. The third-order valence-corrected chi connectivity index (χ3v) is 2.99. The molecule has 19 heavy (non-hydrogen) atoms. The number of nitrogens with two attached hydrogens (primary N) is 1. The van der Waals surface area contributed by atoms with Gasteiger partial charge in [0, 0.05) is 23.7 Å². The van der Waals surface area contributed by atoms with Crippen molar-refractivity contribution in [3.8, 4) is 0 Å². The molecule has 2 aromatic rings. The van der Waals surface area contributed by atoms with Gasteiger partial charge in [0.1, 0.15) is 11.6 Å². The molecule has 0 unspecified atom stereocenters. The van der Waals surface area contributed by atoms with Crippen molar-refractivity contribution in [2.24, 2.45) is 0 Å². The van der Waals surface area contributed by atoms with Crippen molar-refractivity contribution in [3.05, 3.63) is 64.2 Å². The van der Waals surface area contributed by atoms with Crippen LogP contribution in [0.4, 0.5) is 14.5 Å². The predicted octanol–water partition coefficient (Wildman–Crippen LogP) is 3.63. The highest BCUT2D eigenvalue weighted by Crippen LogP contribution is 2.21. The Bertz CT molecular complexity index is 643. The molecule has 0 aliphatic rings. The molecule has 98 valence electrons. The molecule has 2 nitrogen and oxygen atoms in total. The number of anilines is 1. The quantitative estimate of drug-likeness (QED) is 0.690. The smallest absolute Gasteiger partial charge is 0.168 e. The fraction of sp³-hybridized carbons (Fsp3) is 0.0714. The standard InChI is InChI=1S/C14H10ClF2NO/c15-12-4-3-10(18)7-11(12)14(19)5-8-1-2-9(16)6-13(8)17/h1-4,6-7H,5,18H2. The van der Waals surface area contributed by atoms with Crippen molar-refractivity contribution in [2.45, 2.75) is 6.42 Å². The van der Waals surface area contributed by atoms with Gasteiger partial charge in [0.2, 0.25) is 0 Å². The highest BCUT2D eigenvalue weighted by atomic mass is 35.5. The van der Waals surface area contributed by atoms with Gasteiger partial charge >= 0.3 is 0 Å². The molecule has 5 heteroatoms. The number of Topliss-reactive ketones (excluding diaryl/α,β-unsaturated/α-hetero) is 1. The minimum absolute atomic E-state index is 0.116. The van der Waals surface area contributed by atoms with Crippen LogP contribution in [0.1, 0.15) is 15.9 Å². The Morgan fingerprint density at radius 2 is 1.89 bits per heavy atom. The summed E-state index contributed by atoms with van der Waals surface area (Å²) in [6.07, 6.45) is -0.199. The Morgan fingerprint density at radius 1 is 1.16 bits per heavy atom. The number of carbonyl (C=O) groups is 1. The van der Waals surface area contributed by atoms with Gasteiger partial charge in [-0.15, -0.1) is 0 Å². The molecule has 0 atom stereocenters. The van der Waals surface area contributed by atoms with E-state index in [1.165, 1.54) is 18.2 Å². The molecular formula is C14H10ClF2NO. The molecule has 0 radical (unpaired) electrons. The van der Waals surface area contributed by atoms with E-state index in [4.69, 9.17) is 17.3 Å². The zero-order valence-corrected chi connectivity index (χ0v) is 10.5. The Morgan fingerprint density at radius 3 is 2.58 bits per heavy atom. The minimum Gasteiger partial charge on any atom is -0.399 e. The second kappa shape index (κ2) is 5.36. The molecule has 0 amide bonds. The third kappa shape index (κ3) is 3.09. The van der Waals surface area contributed by atoms with Crippen molar-refractivity contribution >= 4 is 23.1 Å². The molecule has 2 aromatic carbocycles. The summed E-state index contributed by atoms with van der Waals surface area (Å²) < 4.78 is 26.2. The molecule has 0 saturated heterocycles. The molecule has 2 N–H and O–H groups in total. The topological polar surface area (TPSA) is 43.1 Å². The van der Waals surface area contributed by atoms with Gasteiger partial charge in [0.15, 0.2) is 5.78 Å². The van der Waals surface area contributed by atoms with Gasteiger partial charge in [0.25, 0.3) is 0 Å². The first kappa shape index (κ1) is 13.5. The second-order valence-electron chi connectivity index (χ2n) is 4.07. The largest absolute Gasteiger partial charge is 0.399 e. The van der Waals surface area contributed by atoms with Crippen LogP contribution in [-0.2, 0) is 6.42 Å². The van der Waals surface area contributed by atoms with E-state index in [1.807, 2.05) is 0 Å². The Balaban J connectivity index is 2.28. The fourth-order valence-corrected chi connectivity index (χ4v) is 1.91. The first-order valence-electron chi connectivity index (χ1n) is 5.49. The predicted molar refractivity (Wildman–Crippen MR) is 70.3 cm³/mol. The Kier molecular flexibility index (Phi) is 3.81. The van der Waals surface area contributed by atoms with E-state index < -0.39 is 11.6 Å². The van der Waals surface area contributed by atoms with E-state index in [0.717, 1.165) is 12.1 Å². The van der Waals surface area contributed by atoms with Gasteiger partial charge in [-0.3, -0.25) is 4.79 Å². The Hall–Kier alpha value is -1.94. The molecule has 0 saturated carbocycles. The second-order valence-corrected chi connectivity index (χ2v) is 4.48. The van der Waals surface area contributed by atoms with Crippen LogP contribution in [0.2, 0.25) is 5.02 Å². The van der Waals surface area contributed by atoms with E-state index in [1.54, 1.807) is 6.07 Å². The highest BCUT2D eigenvalue weighted by molar-refractivity contribution is 6.34. The van der Waals surface area contributed by atoms with Gasteiger partial charge in [-0.25, -0.2) is 8.78 Å². The van der Waals surface area contributed by atoms with E-state index in [0.29, 0.717) is 5.69 Å². The van der Waals surface area contributed by atoms with E-state index >= 15 is 0 Å². The molecule has 0 heterocycles. The number of halogens is 3. The van der Waals surface area contributed by atoms with Crippen molar-refractivity contribution in [3.63, 3.8) is 0 Å². The molecular weight excluding hydrogens is 272 g/mol. The number of hydrogen-bond acceptors (Lipinski definition) is 2. The minimum atomic E-state index is -0.756. The number of ketones is 1. The monoisotopic (exact) mass is 281 g/mol. The summed E-state index contributed by atoms with van der Waals surface area (Å²) in [6.45, 7) is 0. The lowest BCUT2D eigenvalue weighted by molar-refractivity contribution is 0.0992. The normalized spacial score (nSPS) is 10.5. The summed E-state index contributed by atoms with van der Waals surface area (Å²) in [5.74, 6) is -1.81. The Labute approximate surface area is 113 Å². The number of hydrogen-bond donors (Lipinski definition) is 1. The van der Waals surface area contributed by atoms with Crippen LogP contribution in [0, 0.1) is 11.6 Å². The summed E-state index contributed by atoms with van der Waals surface area (Å²) in [4.78, 5) is 12.0. The van der Waals surface area contributed by atoms with Crippen LogP contribution in [0.15, 0.2) is 36.4 Å². The SMILES string of the molecule is Nc1ccc(Cl)c(C(=O)Cc2ccc(F)cc2F)c1. The van der Waals surface area contributed by atoms with Crippen LogP contribution in [0.25, 0.3) is 0 Å². The lowest BCUT2D eigenvalue weighted by Gasteiger charge is -2.06. The first-order valence-corrected chi connectivity index (χ1v) is 5.87. The summed E-state index contributed by atoms with van der Waals surface area (Å²) in [7, 11) is 0. The lowest BCUT2D eigenvalue weighted by Crippen LogP contribution is -2.07. The fourth-order valence-electron chi connectivity index (χ4n) is 1.69. The third-order valence-electron chi connectivity index (χ3n) is 2.66. The van der Waals surface area contributed by atoms with Crippen LogP contribution < -0.4 is 5.73 Å². The lowest BCUT2D eigenvalue weighted by atomic mass is 10.0. The van der Waals surface area contributed by atoms with Gasteiger partial charge in [-0.1, -0.05) is 17.7 Å². The molecule has 0 aliphatic carbocycles. The van der Waals surface area contributed by atoms with Gasteiger partial charge in [-0.05, 0) is 29.8 Å². The van der Waals surface area contributed by atoms with Crippen LogP contribution in [-0.4, -0.2) is 5.78 Å². The summed E-state index contributed by atoms with van der Waals surface area (Å²) >= 11 is 5.89. The highest BCUT2D eigenvalue weighted by Gasteiger charge is 2.14. The van der Waals surface area contributed by atoms with Gasteiger partial charge < -0.3 is 5.73 Å². The van der Waals surface area contributed by atoms with Crippen LogP contribution in [0.3, 0.4) is 0 Å². The summed E-state index contributed by atoms with van der Waals surface area (Å²) in [5.41, 5.74) is 6.31. The molecule has 0 aliphatic heterocycles. The maximum absolute atomic E-state index is 13.5. The van der Waals surface area contributed by atoms with Gasteiger partial charge in [-0.2, -0.15) is 0 Å². The zero-order valence-electron chi connectivity index (χ0n) is 9.79. The molecule has 2 rings (SSSR count). The maximum Gasteiger partial charge on any atom is 0.168 e. The molecule has 0 bridgehead atoms. The van der Waals surface area contributed by atoms with Crippen molar-refractivity contribution in [1.29, 1.82) is 0 Å². The maximum atomic E-state index is 13.5. The molecule has 0 spiro atoms. The van der Waals surface area contributed by atoms with E-state index in [9.17, 15) is 13.6 Å². The van der Waals surface area contributed by atoms with Gasteiger partial charge in [0.05, 0.1) is 5.02 Å². The van der Waals surface area contributed by atoms with Crippen molar-refractivity contribution in [2.75, 3.05) is 5.73 Å². The summed E-state index contributed by atoms with van der Waals surface area (Å²) in [5, 5.41) is 0.252. The number of carbonyl (C=O) groups excluding carboxylic acids is 1. The average Bonchev–Trinajstić information content (AvgIpc) is 2.35. The van der Waals surface area contributed by atoms with Crippen LogP contribution >= 0.6 is 11.6 Å². The average molecular weight is 282 g/mol. The zero-order chi connectivity index (χ0) is 14.0. The number of nitrogen functional groups attached to an aromatic ring is 1.